The molecule has 3 nitrogen and oxygen atoms in total. The van der Waals surface area contributed by atoms with Crippen LogP contribution in [0.5, 0.6) is 0 Å². The summed E-state index contributed by atoms with van der Waals surface area (Å²) >= 11 is 6.65. The lowest BCUT2D eigenvalue weighted by Gasteiger charge is -1.93. The van der Waals surface area contributed by atoms with Crippen molar-refractivity contribution in [1.82, 2.24) is 0 Å². The number of aliphatic imine (C=N–C) groups is 1. The summed E-state index contributed by atoms with van der Waals surface area (Å²) in [5.74, 6) is 0.0517. The van der Waals surface area contributed by atoms with Gasteiger partial charge in [0.1, 0.15) is 5.70 Å². The molecule has 3 heterocycles. The molecular weight excluding hydrogens is 358 g/mol. The zero-order valence-electron chi connectivity index (χ0n) is 10.3. The van der Waals surface area contributed by atoms with E-state index < -0.39 is 0 Å². The summed E-state index contributed by atoms with van der Waals surface area (Å²) in [5, 5.41) is 1.93. The molecule has 0 radical (unpaired) electrons. The molecule has 0 amide bonds. The molecule has 102 valence electrons. The number of carbonyl (C=O) groups is 1. The monoisotopic (exact) mass is 367 g/mol. The number of esters is 1. The lowest BCUT2D eigenvalue weighted by molar-refractivity contribution is -0.130. The molecule has 20 heavy (non-hydrogen) atoms. The minimum absolute atomic E-state index is 0.360. The van der Waals surface area contributed by atoms with Gasteiger partial charge in [0.2, 0.25) is 5.90 Å². The van der Waals surface area contributed by atoms with Crippen LogP contribution in [0.1, 0.15) is 16.2 Å². The fourth-order valence-electron chi connectivity index (χ4n) is 1.79. The predicted octanol–water partition coefficient (Wildman–Crippen LogP) is 4.39. The SMILES string of the molecule is O=C1OC(c2cccs2)=N/C1=C\CCc1ccc(Br)s1. The van der Waals surface area contributed by atoms with Crippen molar-refractivity contribution in [1.29, 1.82) is 0 Å². The van der Waals surface area contributed by atoms with E-state index in [2.05, 4.69) is 27.0 Å². The number of hydrogen-bond acceptors (Lipinski definition) is 5. The molecule has 1 aliphatic rings. The van der Waals surface area contributed by atoms with Crippen molar-refractivity contribution in [3.63, 3.8) is 0 Å². The smallest absolute Gasteiger partial charge is 0.363 e. The molecule has 0 spiro atoms. The maximum absolute atomic E-state index is 11.7. The van der Waals surface area contributed by atoms with Crippen LogP contribution in [-0.2, 0) is 16.0 Å². The van der Waals surface area contributed by atoms with Crippen LogP contribution in [0.2, 0.25) is 0 Å². The first kappa shape index (κ1) is 13.7. The van der Waals surface area contributed by atoms with Crippen LogP contribution in [-0.4, -0.2) is 11.9 Å². The van der Waals surface area contributed by atoms with Gasteiger partial charge in [-0.25, -0.2) is 9.79 Å². The quantitative estimate of drug-likeness (QED) is 0.593. The Balaban J connectivity index is 1.67. The van der Waals surface area contributed by atoms with Gasteiger partial charge in [-0.1, -0.05) is 12.1 Å². The standard InChI is InChI=1S/C14H10BrNO2S2/c15-12-7-6-9(20-12)3-1-4-10-14(17)18-13(16-10)11-5-2-8-19-11/h2,4-8H,1,3H2/b10-4-. The van der Waals surface area contributed by atoms with Gasteiger partial charge in [-0.05, 0) is 52.4 Å². The van der Waals surface area contributed by atoms with E-state index in [1.807, 2.05) is 29.7 Å². The molecular formula is C14H10BrNO2S2. The van der Waals surface area contributed by atoms with Gasteiger partial charge in [-0.2, -0.15) is 0 Å². The van der Waals surface area contributed by atoms with Crippen molar-refractivity contribution >= 4 is 50.5 Å². The Labute approximate surface area is 132 Å². The Morgan fingerprint density at radius 1 is 1.35 bits per heavy atom. The molecule has 0 aliphatic carbocycles. The summed E-state index contributed by atoms with van der Waals surface area (Å²) in [6.45, 7) is 0. The van der Waals surface area contributed by atoms with Crippen molar-refractivity contribution in [3.05, 3.63) is 55.0 Å². The highest BCUT2D eigenvalue weighted by atomic mass is 79.9. The number of aryl methyl sites for hydroxylation is 1. The molecule has 0 unspecified atom stereocenters. The Morgan fingerprint density at radius 2 is 2.25 bits per heavy atom. The number of rotatable bonds is 4. The Kier molecular flexibility index (Phi) is 4.14. The highest BCUT2D eigenvalue weighted by Crippen LogP contribution is 2.24. The van der Waals surface area contributed by atoms with Gasteiger partial charge in [-0.15, -0.1) is 22.7 Å². The number of hydrogen-bond donors (Lipinski definition) is 0. The zero-order chi connectivity index (χ0) is 13.9. The second-order valence-corrected chi connectivity index (χ2v) is 7.61. The Hall–Kier alpha value is -1.24. The summed E-state index contributed by atoms with van der Waals surface area (Å²) in [7, 11) is 0. The molecule has 3 rings (SSSR count). The summed E-state index contributed by atoms with van der Waals surface area (Å²) in [4.78, 5) is 18.1. The Bertz CT molecular complexity index is 686. The van der Waals surface area contributed by atoms with Crippen LogP contribution < -0.4 is 0 Å². The Morgan fingerprint density at radius 3 is 2.95 bits per heavy atom. The first-order valence-electron chi connectivity index (χ1n) is 6.01. The average molecular weight is 368 g/mol. The lowest BCUT2D eigenvalue weighted by atomic mass is 10.2. The lowest BCUT2D eigenvalue weighted by Crippen LogP contribution is -2.03. The van der Waals surface area contributed by atoms with E-state index in [1.54, 1.807) is 11.3 Å². The number of thiophene rings is 2. The van der Waals surface area contributed by atoms with Gasteiger partial charge in [0, 0.05) is 4.88 Å². The van der Waals surface area contributed by atoms with E-state index in [0.29, 0.717) is 11.6 Å². The summed E-state index contributed by atoms with van der Waals surface area (Å²) in [6.07, 6.45) is 3.52. The van der Waals surface area contributed by atoms with Crippen LogP contribution in [0.25, 0.3) is 0 Å². The number of cyclic esters (lactones) is 1. The minimum atomic E-state index is -0.360. The van der Waals surface area contributed by atoms with Gasteiger partial charge in [0.05, 0.1) is 8.66 Å². The predicted molar refractivity (Wildman–Crippen MR) is 85.4 cm³/mol. The highest BCUT2D eigenvalue weighted by Gasteiger charge is 2.24. The number of allylic oxidation sites excluding steroid dienone is 1. The number of nitrogens with zero attached hydrogens (tertiary/aromatic N) is 1. The first-order valence-corrected chi connectivity index (χ1v) is 8.50. The van der Waals surface area contributed by atoms with Crippen LogP contribution in [0.3, 0.4) is 0 Å². The molecule has 0 saturated carbocycles. The van der Waals surface area contributed by atoms with Gasteiger partial charge in [-0.3, -0.25) is 0 Å². The largest absolute Gasteiger partial charge is 0.401 e. The second kappa shape index (κ2) is 6.03. The van der Waals surface area contributed by atoms with Crippen molar-refractivity contribution in [2.45, 2.75) is 12.8 Å². The van der Waals surface area contributed by atoms with Crippen molar-refractivity contribution < 1.29 is 9.53 Å². The van der Waals surface area contributed by atoms with Crippen LogP contribution in [0.4, 0.5) is 0 Å². The fraction of sp³-hybridized carbons (Fsp3) is 0.143. The molecule has 6 heteroatoms. The van der Waals surface area contributed by atoms with E-state index in [4.69, 9.17) is 4.74 Å². The van der Waals surface area contributed by atoms with E-state index in [1.165, 1.54) is 16.2 Å². The highest BCUT2D eigenvalue weighted by molar-refractivity contribution is 9.11. The molecule has 0 saturated heterocycles. The van der Waals surface area contributed by atoms with Gasteiger partial charge < -0.3 is 4.74 Å². The van der Waals surface area contributed by atoms with E-state index >= 15 is 0 Å². The fourth-order valence-corrected chi connectivity index (χ4v) is 3.94. The van der Waals surface area contributed by atoms with Crippen LogP contribution in [0, 0.1) is 0 Å². The third-order valence-electron chi connectivity index (χ3n) is 2.71. The summed E-state index contributed by atoms with van der Waals surface area (Å²) in [5.41, 5.74) is 0.407. The van der Waals surface area contributed by atoms with E-state index in [9.17, 15) is 4.79 Å². The third kappa shape index (κ3) is 3.08. The van der Waals surface area contributed by atoms with E-state index in [-0.39, 0.29) is 5.97 Å². The third-order valence-corrected chi connectivity index (χ3v) is 5.25. The van der Waals surface area contributed by atoms with Crippen LogP contribution >= 0.6 is 38.6 Å². The number of ether oxygens (including phenoxy) is 1. The van der Waals surface area contributed by atoms with Crippen molar-refractivity contribution in [2.75, 3.05) is 0 Å². The normalized spacial score (nSPS) is 16.6. The molecule has 0 atom stereocenters. The van der Waals surface area contributed by atoms with E-state index in [0.717, 1.165) is 21.5 Å². The number of halogens is 1. The molecule has 1 aliphatic heterocycles. The topological polar surface area (TPSA) is 38.7 Å². The maximum atomic E-state index is 11.7. The summed E-state index contributed by atoms with van der Waals surface area (Å²) < 4.78 is 6.30. The molecule has 2 aromatic heterocycles. The molecule has 0 N–H and O–H groups in total. The van der Waals surface area contributed by atoms with Crippen molar-refractivity contribution in [3.8, 4) is 0 Å². The van der Waals surface area contributed by atoms with Gasteiger partial charge in [0.15, 0.2) is 0 Å². The minimum Gasteiger partial charge on any atom is -0.401 e. The number of carbonyl (C=O) groups excluding carboxylic acids is 1. The van der Waals surface area contributed by atoms with Gasteiger partial charge >= 0.3 is 5.97 Å². The molecule has 0 aromatic carbocycles. The molecule has 0 bridgehead atoms. The zero-order valence-corrected chi connectivity index (χ0v) is 13.6. The maximum Gasteiger partial charge on any atom is 0.363 e. The summed E-state index contributed by atoms with van der Waals surface area (Å²) in [6, 6.07) is 7.92. The van der Waals surface area contributed by atoms with Crippen LogP contribution in [0.15, 0.2) is 50.2 Å². The molecule has 0 fully saturated rings. The second-order valence-electron chi connectivity index (χ2n) is 4.12. The first-order chi connectivity index (χ1) is 9.72. The average Bonchev–Trinajstić information content (AvgIpc) is 3.12. The van der Waals surface area contributed by atoms with Crippen molar-refractivity contribution in [2.24, 2.45) is 4.99 Å². The van der Waals surface area contributed by atoms with Gasteiger partial charge in [0.25, 0.3) is 0 Å². The molecule has 2 aromatic rings.